The Morgan fingerprint density at radius 2 is 2.27 bits per heavy atom. The van der Waals surface area contributed by atoms with Gasteiger partial charge in [0.2, 0.25) is 0 Å². The van der Waals surface area contributed by atoms with Crippen LogP contribution in [0.2, 0.25) is 5.02 Å². The van der Waals surface area contributed by atoms with Crippen molar-refractivity contribution in [1.82, 2.24) is 4.98 Å². The summed E-state index contributed by atoms with van der Waals surface area (Å²) < 4.78 is 0. The molecular weight excluding hydrogens is 166 g/mol. The lowest BCUT2D eigenvalue weighted by atomic mass is 10.2. The normalized spacial score (nSPS) is 9.64. The molecule has 4 heteroatoms. The van der Waals surface area contributed by atoms with Crippen LogP contribution in [-0.4, -0.2) is 11.0 Å². The Balaban J connectivity index is 3.27. The van der Waals surface area contributed by atoms with Crippen LogP contribution < -0.4 is 5.11 Å². The fraction of sp³-hybridized carbons (Fsp3) is 0.143. The molecular formula is C7H5ClNO2-. The van der Waals surface area contributed by atoms with Crippen LogP contribution in [0.5, 0.6) is 0 Å². The predicted octanol–water partition coefficient (Wildman–Crippen LogP) is 0.407. The molecule has 0 saturated heterocycles. The van der Waals surface area contributed by atoms with Gasteiger partial charge in [0.05, 0.1) is 11.0 Å². The average Bonchev–Trinajstić information content (AvgIpc) is 1.94. The predicted molar refractivity (Wildman–Crippen MR) is 38.3 cm³/mol. The molecule has 1 rings (SSSR count). The molecule has 0 radical (unpaired) electrons. The monoisotopic (exact) mass is 170 g/mol. The minimum atomic E-state index is -1.25. The zero-order valence-corrected chi connectivity index (χ0v) is 6.55. The van der Waals surface area contributed by atoms with Crippen molar-refractivity contribution in [3.8, 4) is 0 Å². The average molecular weight is 171 g/mol. The highest BCUT2D eigenvalue weighted by Crippen LogP contribution is 2.15. The van der Waals surface area contributed by atoms with E-state index in [1.165, 1.54) is 12.4 Å². The van der Waals surface area contributed by atoms with Gasteiger partial charge in [-0.2, -0.15) is 0 Å². The third-order valence-electron chi connectivity index (χ3n) is 1.37. The second-order valence-electron chi connectivity index (χ2n) is 2.08. The van der Waals surface area contributed by atoms with Crippen molar-refractivity contribution < 1.29 is 9.90 Å². The van der Waals surface area contributed by atoms with Crippen molar-refractivity contribution in [2.45, 2.75) is 6.92 Å². The van der Waals surface area contributed by atoms with Crippen molar-refractivity contribution in [2.24, 2.45) is 0 Å². The minimum Gasteiger partial charge on any atom is -0.545 e. The second-order valence-corrected chi connectivity index (χ2v) is 2.49. The molecule has 3 nitrogen and oxygen atoms in total. The van der Waals surface area contributed by atoms with Crippen LogP contribution in [0.3, 0.4) is 0 Å². The van der Waals surface area contributed by atoms with Crippen LogP contribution >= 0.6 is 11.6 Å². The van der Waals surface area contributed by atoms with Crippen molar-refractivity contribution in [3.05, 3.63) is 28.5 Å². The summed E-state index contributed by atoms with van der Waals surface area (Å²) >= 11 is 5.60. The number of carbonyl (C=O) groups is 1. The molecule has 0 N–H and O–H groups in total. The minimum absolute atomic E-state index is 0.0394. The summed E-state index contributed by atoms with van der Waals surface area (Å²) in [5, 5.41) is 10.7. The number of aromatic nitrogens is 1. The number of pyridine rings is 1. The number of hydrogen-bond acceptors (Lipinski definition) is 3. The van der Waals surface area contributed by atoms with E-state index in [2.05, 4.69) is 4.98 Å². The zero-order valence-electron chi connectivity index (χ0n) is 5.80. The Hall–Kier alpha value is -1.09. The van der Waals surface area contributed by atoms with Gasteiger partial charge in [-0.1, -0.05) is 11.6 Å². The molecule has 11 heavy (non-hydrogen) atoms. The third kappa shape index (κ3) is 1.49. The number of carbonyl (C=O) groups excluding carboxylic acids is 1. The van der Waals surface area contributed by atoms with Gasteiger partial charge in [0, 0.05) is 18.0 Å². The summed E-state index contributed by atoms with van der Waals surface area (Å²) in [6.07, 6.45) is 2.61. The van der Waals surface area contributed by atoms with Gasteiger partial charge in [-0.05, 0) is 12.5 Å². The maximum Gasteiger partial charge on any atom is 0.0734 e. The smallest absolute Gasteiger partial charge is 0.0734 e. The summed E-state index contributed by atoms with van der Waals surface area (Å²) in [6.45, 7) is 1.61. The quantitative estimate of drug-likeness (QED) is 0.613. The molecule has 1 aromatic rings. The number of halogens is 1. The Bertz CT molecular complexity index is 298. The standard InChI is InChI=1S/C7H6ClNO2/c1-4-5(7(10)11)2-9-3-6(4)8/h2-3H,1H3,(H,10,11)/p-1. The lowest BCUT2D eigenvalue weighted by Crippen LogP contribution is -2.23. The van der Waals surface area contributed by atoms with Gasteiger partial charge in [0.15, 0.2) is 0 Å². The van der Waals surface area contributed by atoms with Gasteiger partial charge in [-0.15, -0.1) is 0 Å². The van der Waals surface area contributed by atoms with Crippen LogP contribution in [-0.2, 0) is 0 Å². The molecule has 0 aliphatic carbocycles. The summed E-state index contributed by atoms with van der Waals surface area (Å²) in [5.74, 6) is -1.25. The molecule has 1 heterocycles. The third-order valence-corrected chi connectivity index (χ3v) is 1.75. The van der Waals surface area contributed by atoms with E-state index in [9.17, 15) is 9.90 Å². The van der Waals surface area contributed by atoms with Crippen molar-refractivity contribution in [1.29, 1.82) is 0 Å². The number of hydrogen-bond donors (Lipinski definition) is 0. The SMILES string of the molecule is Cc1c(Cl)cncc1C(=O)[O-]. The first-order valence-electron chi connectivity index (χ1n) is 2.94. The highest BCUT2D eigenvalue weighted by atomic mass is 35.5. The van der Waals surface area contributed by atoms with Crippen molar-refractivity contribution >= 4 is 17.6 Å². The highest BCUT2D eigenvalue weighted by molar-refractivity contribution is 6.31. The molecule has 0 atom stereocenters. The first-order chi connectivity index (χ1) is 5.13. The van der Waals surface area contributed by atoms with E-state index >= 15 is 0 Å². The topological polar surface area (TPSA) is 53.0 Å². The Morgan fingerprint density at radius 1 is 1.64 bits per heavy atom. The molecule has 58 valence electrons. The van der Waals surface area contributed by atoms with Gasteiger partial charge in [0.25, 0.3) is 0 Å². The van der Waals surface area contributed by atoms with E-state index in [1.807, 2.05) is 0 Å². The number of carboxylic acids is 1. The van der Waals surface area contributed by atoms with E-state index in [0.29, 0.717) is 10.6 Å². The lowest BCUT2D eigenvalue weighted by Gasteiger charge is -2.05. The highest BCUT2D eigenvalue weighted by Gasteiger charge is 2.02. The molecule has 0 spiro atoms. The van der Waals surface area contributed by atoms with Gasteiger partial charge in [0.1, 0.15) is 0 Å². The summed E-state index contributed by atoms with van der Waals surface area (Å²) in [7, 11) is 0. The second kappa shape index (κ2) is 2.88. The number of carboxylic acid groups (broad SMARTS) is 1. The molecule has 0 bridgehead atoms. The molecule has 1 aromatic heterocycles. The van der Waals surface area contributed by atoms with E-state index in [1.54, 1.807) is 6.92 Å². The van der Waals surface area contributed by atoms with Gasteiger partial charge >= 0.3 is 0 Å². The first kappa shape index (κ1) is 8.01. The van der Waals surface area contributed by atoms with Crippen LogP contribution in [0.1, 0.15) is 15.9 Å². The van der Waals surface area contributed by atoms with Crippen LogP contribution in [0.4, 0.5) is 0 Å². The number of rotatable bonds is 1. The van der Waals surface area contributed by atoms with E-state index in [0.717, 1.165) is 0 Å². The Kier molecular flexibility index (Phi) is 2.10. The zero-order chi connectivity index (χ0) is 8.43. The largest absolute Gasteiger partial charge is 0.545 e. The number of nitrogens with zero attached hydrogens (tertiary/aromatic N) is 1. The maximum absolute atomic E-state index is 10.4. The molecule has 0 unspecified atom stereocenters. The van der Waals surface area contributed by atoms with Gasteiger partial charge < -0.3 is 9.90 Å². The van der Waals surface area contributed by atoms with Crippen LogP contribution in [0.15, 0.2) is 12.4 Å². The van der Waals surface area contributed by atoms with E-state index < -0.39 is 5.97 Å². The summed E-state index contributed by atoms with van der Waals surface area (Å²) in [6, 6.07) is 0. The molecule has 0 amide bonds. The Morgan fingerprint density at radius 3 is 2.73 bits per heavy atom. The molecule has 0 aliphatic heterocycles. The van der Waals surface area contributed by atoms with E-state index in [4.69, 9.17) is 11.6 Å². The fourth-order valence-electron chi connectivity index (χ4n) is 0.705. The molecule has 0 fully saturated rings. The molecule has 0 aromatic carbocycles. The summed E-state index contributed by atoms with van der Waals surface area (Å²) in [4.78, 5) is 14.0. The molecule has 0 aliphatic rings. The number of aromatic carboxylic acids is 1. The lowest BCUT2D eigenvalue weighted by molar-refractivity contribution is -0.255. The van der Waals surface area contributed by atoms with Crippen molar-refractivity contribution in [3.63, 3.8) is 0 Å². The Labute approximate surface area is 68.6 Å². The van der Waals surface area contributed by atoms with Gasteiger partial charge in [-0.3, -0.25) is 4.98 Å². The van der Waals surface area contributed by atoms with Crippen LogP contribution in [0.25, 0.3) is 0 Å². The van der Waals surface area contributed by atoms with Gasteiger partial charge in [-0.25, -0.2) is 0 Å². The fourth-order valence-corrected chi connectivity index (χ4v) is 0.863. The van der Waals surface area contributed by atoms with Crippen molar-refractivity contribution in [2.75, 3.05) is 0 Å². The van der Waals surface area contributed by atoms with Crippen LogP contribution in [0, 0.1) is 6.92 Å². The summed E-state index contributed by atoms with van der Waals surface area (Å²) in [5.41, 5.74) is 0.527. The molecule has 0 saturated carbocycles. The first-order valence-corrected chi connectivity index (χ1v) is 3.32. The van der Waals surface area contributed by atoms with E-state index in [-0.39, 0.29) is 5.56 Å². The maximum atomic E-state index is 10.4.